The Morgan fingerprint density at radius 3 is 2.55 bits per heavy atom. The number of carbonyl (C=O) groups is 2. The van der Waals surface area contributed by atoms with Crippen molar-refractivity contribution in [2.45, 2.75) is 12.6 Å². The second-order valence-corrected chi connectivity index (χ2v) is 10.5. The lowest BCUT2D eigenvalue weighted by Gasteiger charge is -2.29. The molecule has 4 aromatic rings. The van der Waals surface area contributed by atoms with E-state index in [-0.39, 0.29) is 12.1 Å². The summed E-state index contributed by atoms with van der Waals surface area (Å²) in [6, 6.07) is 15.7. The van der Waals surface area contributed by atoms with E-state index in [1.165, 1.54) is 11.3 Å². The van der Waals surface area contributed by atoms with Crippen LogP contribution in [0.5, 0.6) is 0 Å². The number of nitrogens with zero attached hydrogens (tertiary/aromatic N) is 3. The molecule has 5 rings (SSSR count). The largest absolute Gasteiger partial charge is 0.369 e. The molecule has 3 aromatic carbocycles. The van der Waals surface area contributed by atoms with Gasteiger partial charge in [0.15, 0.2) is 5.13 Å². The van der Waals surface area contributed by atoms with Crippen molar-refractivity contribution in [1.82, 2.24) is 15.2 Å². The summed E-state index contributed by atoms with van der Waals surface area (Å²) >= 11 is 1.22. The van der Waals surface area contributed by atoms with E-state index < -0.39 is 23.6 Å². The number of rotatable bonds is 9. The first-order valence-electron chi connectivity index (χ1n) is 12.9. The number of aromatic nitrogens is 1. The van der Waals surface area contributed by atoms with Gasteiger partial charge in [-0.2, -0.15) is 0 Å². The maximum Gasteiger partial charge on any atom is 0.248 e. The summed E-state index contributed by atoms with van der Waals surface area (Å²) in [6.07, 6.45) is 2.31. The Balaban J connectivity index is 1.39. The minimum atomic E-state index is -1.17. The van der Waals surface area contributed by atoms with Gasteiger partial charge in [-0.25, -0.2) is 13.8 Å². The third-order valence-corrected chi connectivity index (χ3v) is 7.67. The van der Waals surface area contributed by atoms with Gasteiger partial charge in [-0.1, -0.05) is 24.3 Å². The quantitative estimate of drug-likeness (QED) is 0.276. The Bertz CT molecular complexity index is 1470. The standard InChI is InChI=1S/C30H29F2N5O2S/c1-36(28(26-17-24(31)6-9-27(26)32)29(39)35-30-34-12-15-40-30)18-22-3-2-21(16-23(22)19-38)20-4-7-25(8-5-20)37-13-10-33-11-14-37/h2-9,12,15-17,19,28,33H,10-11,13-14,18H2,1H3,(H,34,35,39). The van der Waals surface area contributed by atoms with Crippen LogP contribution in [0.25, 0.3) is 11.1 Å². The first-order chi connectivity index (χ1) is 19.4. The number of aldehydes is 1. The zero-order valence-corrected chi connectivity index (χ0v) is 22.8. The average Bonchev–Trinajstić information content (AvgIpc) is 3.49. The summed E-state index contributed by atoms with van der Waals surface area (Å²) < 4.78 is 29.0. The number of hydrogen-bond donors (Lipinski definition) is 2. The van der Waals surface area contributed by atoms with E-state index in [1.807, 2.05) is 30.3 Å². The molecule has 0 saturated carbocycles. The van der Waals surface area contributed by atoms with Crippen LogP contribution in [0.15, 0.2) is 72.2 Å². The highest BCUT2D eigenvalue weighted by Crippen LogP contribution is 2.30. The van der Waals surface area contributed by atoms with E-state index in [4.69, 9.17) is 0 Å². The Labute approximate surface area is 235 Å². The summed E-state index contributed by atoms with van der Waals surface area (Å²) in [5.41, 5.74) is 4.02. The minimum absolute atomic E-state index is 0.106. The predicted molar refractivity (Wildman–Crippen MR) is 154 cm³/mol. The molecular weight excluding hydrogens is 532 g/mol. The van der Waals surface area contributed by atoms with Crippen LogP contribution in [0.4, 0.5) is 19.6 Å². The Kier molecular flexibility index (Phi) is 8.59. The van der Waals surface area contributed by atoms with Crippen LogP contribution in [0.2, 0.25) is 0 Å². The van der Waals surface area contributed by atoms with Gasteiger partial charge in [-0.05, 0) is 60.1 Å². The van der Waals surface area contributed by atoms with Gasteiger partial charge >= 0.3 is 0 Å². The van der Waals surface area contributed by atoms with Crippen LogP contribution in [0.1, 0.15) is 27.5 Å². The molecule has 1 aromatic heterocycles. The van der Waals surface area contributed by atoms with Crippen molar-refractivity contribution in [1.29, 1.82) is 0 Å². The molecule has 2 N–H and O–H groups in total. The third-order valence-electron chi connectivity index (χ3n) is 6.98. The molecule has 0 aliphatic carbocycles. The molecule has 1 atom stereocenters. The summed E-state index contributed by atoms with van der Waals surface area (Å²) in [6.45, 7) is 3.97. The molecule has 7 nitrogen and oxygen atoms in total. The van der Waals surface area contributed by atoms with Crippen molar-refractivity contribution in [3.63, 3.8) is 0 Å². The second kappa shape index (κ2) is 12.5. The molecule has 206 valence electrons. The number of amides is 1. The van der Waals surface area contributed by atoms with E-state index in [1.54, 1.807) is 23.5 Å². The van der Waals surface area contributed by atoms with Gasteiger partial charge in [0, 0.05) is 61.1 Å². The van der Waals surface area contributed by atoms with Crippen molar-refractivity contribution >= 4 is 34.3 Å². The number of likely N-dealkylation sites (N-methyl/N-ethyl adjacent to an activating group) is 1. The van der Waals surface area contributed by atoms with Gasteiger partial charge < -0.3 is 15.5 Å². The highest BCUT2D eigenvalue weighted by Gasteiger charge is 2.29. The van der Waals surface area contributed by atoms with Gasteiger partial charge in [0.1, 0.15) is 24.0 Å². The lowest BCUT2D eigenvalue weighted by molar-refractivity contribution is -0.121. The number of nitrogens with one attached hydrogen (secondary N) is 2. The molecule has 0 radical (unpaired) electrons. The van der Waals surface area contributed by atoms with Gasteiger partial charge in [0.2, 0.25) is 5.91 Å². The fraction of sp³-hybridized carbons (Fsp3) is 0.233. The number of thiazole rings is 1. The molecule has 1 saturated heterocycles. The summed E-state index contributed by atoms with van der Waals surface area (Å²) in [7, 11) is 1.63. The van der Waals surface area contributed by atoms with Crippen LogP contribution >= 0.6 is 11.3 Å². The Hall–Kier alpha value is -3.99. The van der Waals surface area contributed by atoms with E-state index in [2.05, 4.69) is 32.7 Å². The molecule has 10 heteroatoms. The Morgan fingerprint density at radius 1 is 1.10 bits per heavy atom. The molecule has 1 fully saturated rings. The maximum absolute atomic E-state index is 14.8. The summed E-state index contributed by atoms with van der Waals surface area (Å²) in [5, 5.41) is 8.09. The van der Waals surface area contributed by atoms with E-state index in [0.717, 1.165) is 67.5 Å². The van der Waals surface area contributed by atoms with Crippen LogP contribution in [-0.4, -0.2) is 55.3 Å². The van der Waals surface area contributed by atoms with E-state index in [9.17, 15) is 18.4 Å². The van der Waals surface area contributed by atoms with Gasteiger partial charge in [0.05, 0.1) is 0 Å². The van der Waals surface area contributed by atoms with Crippen LogP contribution < -0.4 is 15.5 Å². The molecular formula is C30H29F2N5O2S. The smallest absolute Gasteiger partial charge is 0.248 e. The molecule has 40 heavy (non-hydrogen) atoms. The summed E-state index contributed by atoms with van der Waals surface area (Å²) in [4.78, 5) is 33.4. The molecule has 1 aliphatic heterocycles. The number of anilines is 2. The van der Waals surface area contributed by atoms with Crippen molar-refractivity contribution < 1.29 is 18.4 Å². The molecule has 0 spiro atoms. The highest BCUT2D eigenvalue weighted by molar-refractivity contribution is 7.13. The molecule has 1 unspecified atom stereocenters. The lowest BCUT2D eigenvalue weighted by atomic mass is 9.98. The normalized spacial score (nSPS) is 14.2. The predicted octanol–water partition coefficient (Wildman–Crippen LogP) is 5.12. The van der Waals surface area contributed by atoms with Crippen LogP contribution in [0.3, 0.4) is 0 Å². The van der Waals surface area contributed by atoms with E-state index >= 15 is 0 Å². The lowest BCUT2D eigenvalue weighted by Crippen LogP contribution is -2.43. The average molecular weight is 562 g/mol. The van der Waals surface area contributed by atoms with E-state index in [0.29, 0.717) is 16.3 Å². The fourth-order valence-electron chi connectivity index (χ4n) is 4.94. The molecule has 1 amide bonds. The van der Waals surface area contributed by atoms with Gasteiger partial charge in [-0.15, -0.1) is 11.3 Å². The Morgan fingerprint density at radius 2 is 1.85 bits per heavy atom. The number of piperazine rings is 1. The van der Waals surface area contributed by atoms with Crippen molar-refractivity contribution in [2.24, 2.45) is 0 Å². The topological polar surface area (TPSA) is 77.6 Å². The first-order valence-corrected chi connectivity index (χ1v) is 13.8. The van der Waals surface area contributed by atoms with Gasteiger partial charge in [0.25, 0.3) is 0 Å². The van der Waals surface area contributed by atoms with Crippen LogP contribution in [0, 0.1) is 11.6 Å². The number of carbonyl (C=O) groups excluding carboxylic acids is 2. The second-order valence-electron chi connectivity index (χ2n) is 9.63. The zero-order chi connectivity index (χ0) is 28.1. The number of halogens is 2. The molecule has 0 bridgehead atoms. The summed E-state index contributed by atoms with van der Waals surface area (Å²) in [5.74, 6) is -1.92. The monoisotopic (exact) mass is 561 g/mol. The maximum atomic E-state index is 14.8. The van der Waals surface area contributed by atoms with Crippen molar-refractivity contribution in [3.8, 4) is 11.1 Å². The van der Waals surface area contributed by atoms with Crippen molar-refractivity contribution in [2.75, 3.05) is 43.4 Å². The molecule has 2 heterocycles. The highest BCUT2D eigenvalue weighted by atomic mass is 32.1. The molecule has 1 aliphatic rings. The fourth-order valence-corrected chi connectivity index (χ4v) is 5.47. The zero-order valence-electron chi connectivity index (χ0n) is 21.9. The SMILES string of the molecule is CN(Cc1ccc(-c2ccc(N3CCNCC3)cc2)cc1C=O)C(C(=O)Nc1nccs1)c1cc(F)ccc1F. The third kappa shape index (κ3) is 6.25. The van der Waals surface area contributed by atoms with Gasteiger partial charge in [-0.3, -0.25) is 14.5 Å². The number of benzene rings is 3. The van der Waals surface area contributed by atoms with Crippen molar-refractivity contribution in [3.05, 3.63) is 101 Å². The van der Waals surface area contributed by atoms with Crippen LogP contribution in [-0.2, 0) is 11.3 Å². The number of hydrogen-bond acceptors (Lipinski definition) is 7. The minimum Gasteiger partial charge on any atom is -0.369 e. The first kappa shape index (κ1) is 27.6.